The number of phenols is 1. The average molecular weight is 512 g/mol. The molecule has 9 heteroatoms. The summed E-state index contributed by atoms with van der Waals surface area (Å²) >= 11 is 0. The van der Waals surface area contributed by atoms with Gasteiger partial charge in [0.2, 0.25) is 11.8 Å². The molecule has 2 saturated heterocycles. The predicted molar refractivity (Wildman–Crippen MR) is 139 cm³/mol. The van der Waals surface area contributed by atoms with Crippen LogP contribution in [0.1, 0.15) is 17.2 Å². The van der Waals surface area contributed by atoms with Crippen LogP contribution in [0.3, 0.4) is 0 Å². The number of nitrogens with zero attached hydrogens (tertiary/aromatic N) is 1. The highest BCUT2D eigenvalue weighted by molar-refractivity contribution is 6.24. The van der Waals surface area contributed by atoms with Gasteiger partial charge in [0.05, 0.1) is 24.6 Å². The van der Waals surface area contributed by atoms with Crippen molar-refractivity contribution in [3.63, 3.8) is 0 Å². The van der Waals surface area contributed by atoms with Gasteiger partial charge >= 0.3 is 5.97 Å². The van der Waals surface area contributed by atoms with Crippen molar-refractivity contribution < 1.29 is 29.3 Å². The van der Waals surface area contributed by atoms with Crippen molar-refractivity contribution in [2.45, 2.75) is 18.0 Å². The number of ether oxygens (including phenoxy) is 1. The molecule has 0 radical (unpaired) electrons. The number of imide groups is 1. The molecule has 1 aromatic heterocycles. The Balaban J connectivity index is 1.54. The molecule has 4 atom stereocenters. The third kappa shape index (κ3) is 3.32. The van der Waals surface area contributed by atoms with Crippen LogP contribution >= 0.6 is 0 Å². The molecule has 3 heterocycles. The Kier molecular flexibility index (Phi) is 5.46. The lowest BCUT2D eigenvalue weighted by Crippen LogP contribution is -2.57. The highest BCUT2D eigenvalue weighted by atomic mass is 16.5. The number of para-hydroxylation sites is 3. The number of aliphatic carboxylic acids is 1. The van der Waals surface area contributed by atoms with E-state index in [4.69, 9.17) is 4.74 Å². The van der Waals surface area contributed by atoms with Gasteiger partial charge in [0, 0.05) is 35.1 Å². The minimum Gasteiger partial charge on any atom is -0.504 e. The first-order valence-electron chi connectivity index (χ1n) is 12.2. The van der Waals surface area contributed by atoms with Gasteiger partial charge in [-0.15, -0.1) is 0 Å². The van der Waals surface area contributed by atoms with Gasteiger partial charge in [0.15, 0.2) is 11.5 Å². The third-order valence-electron chi connectivity index (χ3n) is 7.78. The highest BCUT2D eigenvalue weighted by Gasteiger charge is 2.69. The largest absolute Gasteiger partial charge is 0.504 e. The molecule has 3 aromatic carbocycles. The summed E-state index contributed by atoms with van der Waals surface area (Å²) in [4.78, 5) is 45.3. The summed E-state index contributed by atoms with van der Waals surface area (Å²) in [5.74, 6) is -4.68. The number of anilines is 1. The summed E-state index contributed by atoms with van der Waals surface area (Å²) in [6, 6.07) is 19.9. The zero-order chi connectivity index (χ0) is 26.6. The number of aromatic amines is 1. The minimum absolute atomic E-state index is 0.0591. The fourth-order valence-corrected chi connectivity index (χ4v) is 6.07. The Morgan fingerprint density at radius 2 is 1.74 bits per heavy atom. The molecule has 0 bridgehead atoms. The van der Waals surface area contributed by atoms with Crippen molar-refractivity contribution in [3.05, 3.63) is 90.1 Å². The van der Waals surface area contributed by atoms with Crippen molar-refractivity contribution in [1.82, 2.24) is 10.3 Å². The minimum atomic E-state index is -1.83. The van der Waals surface area contributed by atoms with E-state index < -0.39 is 41.2 Å². The van der Waals surface area contributed by atoms with Gasteiger partial charge < -0.3 is 19.9 Å². The number of benzene rings is 3. The van der Waals surface area contributed by atoms with Gasteiger partial charge in [0.1, 0.15) is 5.54 Å². The van der Waals surface area contributed by atoms with Crippen molar-refractivity contribution in [2.24, 2.45) is 11.8 Å². The maximum atomic E-state index is 14.0. The van der Waals surface area contributed by atoms with Gasteiger partial charge in [-0.1, -0.05) is 48.5 Å². The van der Waals surface area contributed by atoms with Crippen LogP contribution in [0.25, 0.3) is 10.9 Å². The predicted octanol–water partition coefficient (Wildman–Crippen LogP) is 3.40. The van der Waals surface area contributed by atoms with E-state index in [2.05, 4.69) is 10.3 Å². The van der Waals surface area contributed by atoms with Gasteiger partial charge in [0.25, 0.3) is 0 Å². The number of carboxylic acid groups (broad SMARTS) is 1. The lowest BCUT2D eigenvalue weighted by atomic mass is 9.76. The van der Waals surface area contributed by atoms with Crippen LogP contribution in [0.15, 0.2) is 79.0 Å². The monoisotopic (exact) mass is 511 g/mol. The Morgan fingerprint density at radius 3 is 2.47 bits per heavy atom. The SMILES string of the molecule is COc1cccc([C@@H]2N[C@](Cc3c[nH]c4ccccc34)(C(=O)O)[C@H]3C(=O)N(c4ccccc4)C(=O)[C@@H]23)c1O. The second kappa shape index (κ2) is 8.74. The summed E-state index contributed by atoms with van der Waals surface area (Å²) in [6.45, 7) is 0. The summed E-state index contributed by atoms with van der Waals surface area (Å²) < 4.78 is 5.27. The number of phenolic OH excluding ortho intramolecular Hbond substituents is 1. The third-order valence-corrected chi connectivity index (χ3v) is 7.78. The van der Waals surface area contributed by atoms with E-state index in [1.165, 1.54) is 7.11 Å². The number of rotatable bonds is 6. The number of carbonyl (C=O) groups excluding carboxylic acids is 2. The van der Waals surface area contributed by atoms with E-state index in [-0.39, 0.29) is 23.5 Å². The quantitative estimate of drug-likeness (QED) is 0.292. The van der Waals surface area contributed by atoms with Crippen LogP contribution in [-0.2, 0) is 20.8 Å². The standard InChI is InChI=1S/C29H25N3O6/c1-38-21-13-7-11-19(25(21)33)24-22-23(27(35)32(26(22)34)17-8-3-2-4-9-17)29(31-24,28(36)37)14-16-15-30-20-12-6-5-10-18(16)20/h2-13,15,22-24,30-31,33H,14H2,1H3,(H,36,37)/t22-,23-,24+,29+/m1/s1. The zero-order valence-electron chi connectivity index (χ0n) is 20.4. The smallest absolute Gasteiger partial charge is 0.325 e. The highest BCUT2D eigenvalue weighted by Crippen LogP contribution is 2.53. The van der Waals surface area contributed by atoms with Gasteiger partial charge in [-0.2, -0.15) is 0 Å². The average Bonchev–Trinajstić information content (AvgIpc) is 3.57. The molecule has 0 aliphatic carbocycles. The fraction of sp³-hybridized carbons (Fsp3) is 0.207. The van der Waals surface area contributed by atoms with Gasteiger partial charge in [-0.05, 0) is 29.8 Å². The molecule has 2 amide bonds. The fourth-order valence-electron chi connectivity index (χ4n) is 6.07. The molecule has 0 saturated carbocycles. The number of aromatic nitrogens is 1. The molecule has 0 unspecified atom stereocenters. The van der Waals surface area contributed by atoms with E-state index in [9.17, 15) is 24.6 Å². The number of methoxy groups -OCH3 is 1. The molecular formula is C29H25N3O6. The molecule has 2 fully saturated rings. The molecule has 38 heavy (non-hydrogen) atoms. The van der Waals surface area contributed by atoms with E-state index in [0.29, 0.717) is 11.3 Å². The van der Waals surface area contributed by atoms with Crippen molar-refractivity contribution in [1.29, 1.82) is 0 Å². The van der Waals surface area contributed by atoms with Crippen molar-refractivity contribution in [3.8, 4) is 11.5 Å². The van der Waals surface area contributed by atoms with Crippen molar-refractivity contribution in [2.75, 3.05) is 12.0 Å². The second-order valence-electron chi connectivity index (χ2n) is 9.68. The number of carbonyl (C=O) groups is 3. The molecule has 2 aliphatic rings. The molecule has 192 valence electrons. The number of nitrogens with one attached hydrogen (secondary N) is 2. The molecule has 0 spiro atoms. The summed E-state index contributed by atoms with van der Waals surface area (Å²) in [7, 11) is 1.41. The first-order valence-corrected chi connectivity index (χ1v) is 12.2. The summed E-state index contributed by atoms with van der Waals surface area (Å²) in [5, 5.41) is 25.7. The van der Waals surface area contributed by atoms with Gasteiger partial charge in [-0.3, -0.25) is 19.7 Å². The summed E-state index contributed by atoms with van der Waals surface area (Å²) in [6.07, 6.45) is 1.68. The van der Waals surface area contributed by atoms with Crippen LogP contribution in [0, 0.1) is 11.8 Å². The molecule has 9 nitrogen and oxygen atoms in total. The topological polar surface area (TPSA) is 132 Å². The number of hydrogen-bond acceptors (Lipinski definition) is 6. The lowest BCUT2D eigenvalue weighted by Gasteiger charge is -2.31. The van der Waals surface area contributed by atoms with Crippen molar-refractivity contribution >= 4 is 34.4 Å². The number of fused-ring (bicyclic) bond motifs is 2. The molecule has 4 aromatic rings. The Hall–Kier alpha value is -4.63. The molecule has 6 rings (SSSR count). The number of aromatic hydroxyl groups is 1. The van der Waals surface area contributed by atoms with Gasteiger partial charge in [-0.25, -0.2) is 4.90 Å². The maximum Gasteiger partial charge on any atom is 0.325 e. The van der Waals surface area contributed by atoms with Crippen LogP contribution in [-0.4, -0.2) is 45.6 Å². The first kappa shape index (κ1) is 23.7. The number of hydrogen-bond donors (Lipinski definition) is 4. The van der Waals surface area contributed by atoms with Crippen LogP contribution in [0.4, 0.5) is 5.69 Å². The molecule has 2 aliphatic heterocycles. The van der Waals surface area contributed by atoms with E-state index in [1.54, 1.807) is 54.7 Å². The number of amides is 2. The lowest BCUT2D eigenvalue weighted by molar-refractivity contribution is -0.148. The van der Waals surface area contributed by atoms with E-state index in [0.717, 1.165) is 15.8 Å². The Bertz CT molecular complexity index is 1580. The first-order chi connectivity index (χ1) is 18.4. The van der Waals surface area contributed by atoms with E-state index in [1.807, 2.05) is 24.3 Å². The van der Waals surface area contributed by atoms with Crippen LogP contribution < -0.4 is 15.0 Å². The Labute approximate surface area is 217 Å². The number of carboxylic acids is 1. The molecule has 4 N–H and O–H groups in total. The molecular weight excluding hydrogens is 486 g/mol. The van der Waals surface area contributed by atoms with Crippen LogP contribution in [0.2, 0.25) is 0 Å². The zero-order valence-corrected chi connectivity index (χ0v) is 20.4. The number of H-pyrrole nitrogens is 1. The second-order valence-corrected chi connectivity index (χ2v) is 9.68. The van der Waals surface area contributed by atoms with Crippen LogP contribution in [0.5, 0.6) is 11.5 Å². The normalized spacial score (nSPS) is 24.7. The summed E-state index contributed by atoms with van der Waals surface area (Å²) in [5.41, 5.74) is 0.364. The van der Waals surface area contributed by atoms with E-state index >= 15 is 0 Å². The Morgan fingerprint density at radius 1 is 1.00 bits per heavy atom. The maximum absolute atomic E-state index is 14.0.